The van der Waals surface area contributed by atoms with Crippen LogP contribution >= 0.6 is 0 Å². The third-order valence-electron chi connectivity index (χ3n) is 3.47. The van der Waals surface area contributed by atoms with Crippen molar-refractivity contribution in [2.75, 3.05) is 17.2 Å². The first-order valence-corrected chi connectivity index (χ1v) is 8.04. The average molecular weight is 346 g/mol. The maximum Gasteiger partial charge on any atom is 0.411 e. The molecule has 3 aromatic rings. The largest absolute Gasteiger partial charge is 0.445 e. The topological polar surface area (TPSA) is 76.1 Å². The highest BCUT2D eigenvalue weighted by atomic mass is 16.5. The lowest BCUT2D eigenvalue weighted by atomic mass is 10.1. The standard InChI is InChI=1S/C20H18N4O2/c1-2-12-26-20(25)24-17-10-8-16(9-11-17)23-19-13-18(21-14-22-19)15-6-4-3-5-7-15/h2-11,13-14H,1,12H2,(H,24,25)(H,21,22,23). The van der Waals surface area contributed by atoms with Gasteiger partial charge in [0.25, 0.3) is 0 Å². The Labute approximate surface area is 151 Å². The number of hydrogen-bond donors (Lipinski definition) is 2. The third kappa shape index (κ3) is 4.67. The van der Waals surface area contributed by atoms with E-state index in [1.165, 1.54) is 12.4 Å². The molecule has 0 bridgehead atoms. The van der Waals surface area contributed by atoms with Crippen molar-refractivity contribution in [3.63, 3.8) is 0 Å². The molecule has 0 aliphatic heterocycles. The van der Waals surface area contributed by atoms with Gasteiger partial charge in [0.15, 0.2) is 0 Å². The molecule has 3 rings (SSSR count). The van der Waals surface area contributed by atoms with Gasteiger partial charge in [0.05, 0.1) is 5.69 Å². The van der Waals surface area contributed by atoms with Gasteiger partial charge in [0, 0.05) is 23.0 Å². The number of aromatic nitrogens is 2. The molecule has 0 saturated carbocycles. The summed E-state index contributed by atoms with van der Waals surface area (Å²) in [5.74, 6) is 0.685. The van der Waals surface area contributed by atoms with Crippen LogP contribution < -0.4 is 10.6 Å². The van der Waals surface area contributed by atoms with Crippen molar-refractivity contribution >= 4 is 23.3 Å². The minimum Gasteiger partial charge on any atom is -0.445 e. The van der Waals surface area contributed by atoms with Crippen molar-refractivity contribution in [1.29, 1.82) is 0 Å². The van der Waals surface area contributed by atoms with Crippen LogP contribution in [0.5, 0.6) is 0 Å². The number of amides is 1. The van der Waals surface area contributed by atoms with Crippen molar-refractivity contribution < 1.29 is 9.53 Å². The summed E-state index contributed by atoms with van der Waals surface area (Å²) in [6.07, 6.45) is 2.52. The maximum absolute atomic E-state index is 11.5. The van der Waals surface area contributed by atoms with Gasteiger partial charge in [-0.2, -0.15) is 0 Å². The van der Waals surface area contributed by atoms with Crippen LogP contribution in [0.3, 0.4) is 0 Å². The van der Waals surface area contributed by atoms with Crippen LogP contribution in [0.1, 0.15) is 0 Å². The van der Waals surface area contributed by atoms with Gasteiger partial charge >= 0.3 is 6.09 Å². The fourth-order valence-corrected chi connectivity index (χ4v) is 2.27. The average Bonchev–Trinajstić information content (AvgIpc) is 2.69. The second-order valence-electron chi connectivity index (χ2n) is 5.37. The number of rotatable bonds is 6. The zero-order valence-corrected chi connectivity index (χ0v) is 14.1. The lowest BCUT2D eigenvalue weighted by molar-refractivity contribution is 0.174. The number of carbonyl (C=O) groups is 1. The SMILES string of the molecule is C=CCOC(=O)Nc1ccc(Nc2cc(-c3ccccc3)ncn2)cc1. The molecule has 0 saturated heterocycles. The fraction of sp³-hybridized carbons (Fsp3) is 0.0500. The van der Waals surface area contributed by atoms with Gasteiger partial charge in [-0.1, -0.05) is 43.0 Å². The molecule has 130 valence electrons. The summed E-state index contributed by atoms with van der Waals surface area (Å²) in [5, 5.41) is 5.86. The van der Waals surface area contributed by atoms with Crippen LogP contribution in [-0.4, -0.2) is 22.7 Å². The number of carbonyl (C=O) groups excluding carboxylic acids is 1. The molecule has 26 heavy (non-hydrogen) atoms. The monoisotopic (exact) mass is 346 g/mol. The van der Waals surface area contributed by atoms with Crippen molar-refractivity contribution in [2.24, 2.45) is 0 Å². The van der Waals surface area contributed by atoms with E-state index in [0.717, 1.165) is 16.9 Å². The van der Waals surface area contributed by atoms with Crippen LogP contribution in [0.25, 0.3) is 11.3 Å². The Morgan fingerprint density at radius 1 is 1.04 bits per heavy atom. The van der Waals surface area contributed by atoms with Gasteiger partial charge in [0.1, 0.15) is 18.8 Å². The van der Waals surface area contributed by atoms with Gasteiger partial charge in [-0.15, -0.1) is 0 Å². The molecule has 0 atom stereocenters. The summed E-state index contributed by atoms with van der Waals surface area (Å²) >= 11 is 0. The predicted octanol–water partition coefficient (Wildman–Crippen LogP) is 4.62. The van der Waals surface area contributed by atoms with Crippen LogP contribution in [0.2, 0.25) is 0 Å². The normalized spacial score (nSPS) is 10.0. The van der Waals surface area contributed by atoms with Crippen LogP contribution in [0, 0.1) is 0 Å². The Hall–Kier alpha value is -3.67. The molecule has 0 aliphatic rings. The number of anilines is 3. The number of benzene rings is 2. The van der Waals surface area contributed by atoms with E-state index < -0.39 is 6.09 Å². The molecule has 2 N–H and O–H groups in total. The first-order chi connectivity index (χ1) is 12.7. The summed E-state index contributed by atoms with van der Waals surface area (Å²) in [6.45, 7) is 3.66. The summed E-state index contributed by atoms with van der Waals surface area (Å²) in [7, 11) is 0. The van der Waals surface area contributed by atoms with Crippen molar-refractivity contribution in [1.82, 2.24) is 9.97 Å². The molecule has 1 heterocycles. The Balaban J connectivity index is 1.66. The first-order valence-electron chi connectivity index (χ1n) is 8.04. The molecule has 0 fully saturated rings. The summed E-state index contributed by atoms with van der Waals surface area (Å²) in [6, 6.07) is 19.0. The zero-order chi connectivity index (χ0) is 18.2. The number of hydrogen-bond acceptors (Lipinski definition) is 5. The van der Waals surface area contributed by atoms with Gasteiger partial charge in [-0.05, 0) is 24.3 Å². The van der Waals surface area contributed by atoms with E-state index in [0.29, 0.717) is 11.5 Å². The van der Waals surface area contributed by atoms with Crippen molar-refractivity contribution in [3.05, 3.63) is 79.6 Å². The van der Waals surface area contributed by atoms with E-state index in [9.17, 15) is 4.79 Å². The second-order valence-corrected chi connectivity index (χ2v) is 5.37. The number of ether oxygens (including phenoxy) is 1. The molecular formula is C20H18N4O2. The Kier molecular flexibility index (Phi) is 5.57. The predicted molar refractivity (Wildman–Crippen MR) is 102 cm³/mol. The molecule has 6 nitrogen and oxygen atoms in total. The van der Waals surface area contributed by atoms with Crippen LogP contribution in [-0.2, 0) is 4.74 Å². The molecule has 2 aromatic carbocycles. The van der Waals surface area contributed by atoms with Crippen molar-refractivity contribution in [3.8, 4) is 11.3 Å². The summed E-state index contributed by atoms with van der Waals surface area (Å²) < 4.78 is 4.88. The molecule has 0 unspecified atom stereocenters. The minimum absolute atomic E-state index is 0.170. The molecule has 1 amide bonds. The van der Waals surface area contributed by atoms with E-state index in [4.69, 9.17) is 4.74 Å². The quantitative estimate of drug-likeness (QED) is 0.637. The summed E-state index contributed by atoms with van der Waals surface area (Å²) in [5.41, 5.74) is 3.34. The third-order valence-corrected chi connectivity index (χ3v) is 3.47. The van der Waals surface area contributed by atoms with Gasteiger partial charge < -0.3 is 10.1 Å². The van der Waals surface area contributed by atoms with E-state index in [1.807, 2.05) is 48.5 Å². The lowest BCUT2D eigenvalue weighted by Gasteiger charge is -2.09. The lowest BCUT2D eigenvalue weighted by Crippen LogP contribution is -2.13. The van der Waals surface area contributed by atoms with Gasteiger partial charge in [-0.25, -0.2) is 14.8 Å². The number of nitrogens with one attached hydrogen (secondary N) is 2. The zero-order valence-electron chi connectivity index (χ0n) is 14.1. The van der Waals surface area contributed by atoms with E-state index in [-0.39, 0.29) is 6.61 Å². The van der Waals surface area contributed by atoms with E-state index in [2.05, 4.69) is 27.2 Å². The second kappa shape index (κ2) is 8.43. The fourth-order valence-electron chi connectivity index (χ4n) is 2.27. The van der Waals surface area contributed by atoms with Crippen LogP contribution in [0.15, 0.2) is 79.6 Å². The molecular weight excluding hydrogens is 328 g/mol. The first kappa shape index (κ1) is 17.2. The molecule has 0 spiro atoms. The molecule has 6 heteroatoms. The van der Waals surface area contributed by atoms with E-state index in [1.54, 1.807) is 12.1 Å². The Morgan fingerprint density at radius 2 is 1.77 bits per heavy atom. The minimum atomic E-state index is -0.520. The highest BCUT2D eigenvalue weighted by molar-refractivity contribution is 5.85. The Bertz CT molecular complexity index is 880. The van der Waals surface area contributed by atoms with Crippen molar-refractivity contribution in [2.45, 2.75) is 0 Å². The molecule has 1 aromatic heterocycles. The van der Waals surface area contributed by atoms with E-state index >= 15 is 0 Å². The van der Waals surface area contributed by atoms with Gasteiger partial charge in [-0.3, -0.25) is 5.32 Å². The summed E-state index contributed by atoms with van der Waals surface area (Å²) in [4.78, 5) is 20.1. The molecule has 0 radical (unpaired) electrons. The number of nitrogens with zero attached hydrogens (tertiary/aromatic N) is 2. The van der Waals surface area contributed by atoms with Gasteiger partial charge in [0.2, 0.25) is 0 Å². The Morgan fingerprint density at radius 3 is 2.50 bits per heavy atom. The highest BCUT2D eigenvalue weighted by Gasteiger charge is 2.04. The smallest absolute Gasteiger partial charge is 0.411 e. The van der Waals surface area contributed by atoms with Crippen LogP contribution in [0.4, 0.5) is 22.0 Å². The highest BCUT2D eigenvalue weighted by Crippen LogP contribution is 2.21. The molecule has 0 aliphatic carbocycles. The maximum atomic E-state index is 11.5.